The fourth-order valence-electron chi connectivity index (χ4n) is 4.76. The van der Waals surface area contributed by atoms with Gasteiger partial charge in [-0.15, -0.1) is 0 Å². The molecule has 11 nitrogen and oxygen atoms in total. The molecule has 0 amide bonds. The molecule has 0 saturated heterocycles. The van der Waals surface area contributed by atoms with Crippen molar-refractivity contribution in [2.45, 2.75) is 6.61 Å². The van der Waals surface area contributed by atoms with Gasteiger partial charge in [0.2, 0.25) is 11.2 Å². The van der Waals surface area contributed by atoms with Crippen molar-refractivity contribution in [2.24, 2.45) is 0 Å². The third-order valence-corrected chi connectivity index (χ3v) is 6.79. The van der Waals surface area contributed by atoms with E-state index >= 15 is 0 Å². The highest BCUT2D eigenvalue weighted by atomic mass is 16.6. The second-order valence-electron chi connectivity index (χ2n) is 9.28. The molecule has 0 saturated carbocycles. The van der Waals surface area contributed by atoms with Gasteiger partial charge in [0.15, 0.2) is 17.2 Å². The number of rotatable bonds is 10. The minimum absolute atomic E-state index is 0.000489. The van der Waals surface area contributed by atoms with Gasteiger partial charge in [-0.3, -0.25) is 14.9 Å². The van der Waals surface area contributed by atoms with Gasteiger partial charge in [-0.1, -0.05) is 30.3 Å². The third-order valence-electron chi connectivity index (χ3n) is 6.79. The van der Waals surface area contributed by atoms with E-state index in [1.54, 1.807) is 12.1 Å². The Morgan fingerprint density at radius 2 is 1.49 bits per heavy atom. The summed E-state index contributed by atoms with van der Waals surface area (Å²) >= 11 is 0. The van der Waals surface area contributed by atoms with Crippen LogP contribution in [0.5, 0.6) is 34.5 Å². The molecule has 5 rings (SSSR count). The summed E-state index contributed by atoms with van der Waals surface area (Å²) in [6, 6.07) is 19.5. The molecule has 0 spiro atoms. The number of ether oxygens (including phenoxy) is 5. The predicted molar refractivity (Wildman–Crippen MR) is 159 cm³/mol. The Kier molecular flexibility index (Phi) is 8.06. The summed E-state index contributed by atoms with van der Waals surface area (Å²) in [7, 11) is 5.63. The molecule has 0 radical (unpaired) electrons. The minimum Gasteiger partial charge on any atom is -0.507 e. The van der Waals surface area contributed by atoms with Crippen LogP contribution in [0.25, 0.3) is 33.4 Å². The molecule has 1 heterocycles. The Balaban J connectivity index is 1.79. The maximum atomic E-state index is 14.2. The Hall–Kier alpha value is -5.71. The molecule has 11 heteroatoms. The zero-order valence-corrected chi connectivity index (χ0v) is 23.7. The van der Waals surface area contributed by atoms with Crippen LogP contribution in [0.4, 0.5) is 5.69 Å². The van der Waals surface area contributed by atoms with Crippen LogP contribution in [0.3, 0.4) is 0 Å². The first kappa shape index (κ1) is 28.8. The summed E-state index contributed by atoms with van der Waals surface area (Å²) in [5.74, 6) is 0.731. The number of hydrogen-bond donors (Lipinski definition) is 1. The Morgan fingerprint density at radius 3 is 2.09 bits per heavy atom. The number of nitro groups is 1. The summed E-state index contributed by atoms with van der Waals surface area (Å²) in [5.41, 5.74) is 0.481. The van der Waals surface area contributed by atoms with Crippen LogP contribution < -0.4 is 29.1 Å². The second kappa shape index (κ2) is 12.0. The van der Waals surface area contributed by atoms with E-state index in [1.807, 2.05) is 30.3 Å². The highest BCUT2D eigenvalue weighted by molar-refractivity contribution is 5.94. The van der Waals surface area contributed by atoms with Gasteiger partial charge in [0.25, 0.3) is 0 Å². The lowest BCUT2D eigenvalue weighted by atomic mass is 9.97. The molecule has 0 aliphatic heterocycles. The molecule has 0 aliphatic carbocycles. The maximum absolute atomic E-state index is 14.2. The van der Waals surface area contributed by atoms with Gasteiger partial charge in [0.1, 0.15) is 34.8 Å². The first-order valence-electron chi connectivity index (χ1n) is 12.9. The monoisotopic (exact) mass is 585 g/mol. The number of nitro benzene ring substituents is 1. The predicted octanol–water partition coefficient (Wildman–Crippen LogP) is 6.35. The lowest BCUT2D eigenvalue weighted by Crippen LogP contribution is -2.09. The minimum atomic E-state index is -0.601. The summed E-state index contributed by atoms with van der Waals surface area (Å²) in [6.45, 7) is 0.205. The standard InChI is InChI=1S/C32H27NO10/c1-38-24-11-10-19(12-22(24)33(36)37)31-28(20-13-26(39-2)32(41-4)27(14-20)40-3)30(35)29-23(34)15-21(16-25(29)43-31)42-17-18-8-6-5-7-9-18/h5-16,34H,17H2,1-4H3. The van der Waals surface area contributed by atoms with Crippen molar-refractivity contribution >= 4 is 16.7 Å². The fourth-order valence-corrected chi connectivity index (χ4v) is 4.76. The topological polar surface area (TPSA) is 140 Å². The van der Waals surface area contributed by atoms with Crippen molar-refractivity contribution in [2.75, 3.05) is 28.4 Å². The number of aromatic hydroxyl groups is 1. The van der Waals surface area contributed by atoms with E-state index in [-0.39, 0.29) is 68.9 Å². The number of phenols is 1. The van der Waals surface area contributed by atoms with Gasteiger partial charge in [0.05, 0.1) is 38.9 Å². The van der Waals surface area contributed by atoms with Crippen molar-refractivity contribution < 1.29 is 38.1 Å². The first-order chi connectivity index (χ1) is 20.8. The molecule has 0 fully saturated rings. The van der Waals surface area contributed by atoms with Crippen LogP contribution in [-0.2, 0) is 6.61 Å². The van der Waals surface area contributed by atoms with Crippen LogP contribution in [-0.4, -0.2) is 38.5 Å². The lowest BCUT2D eigenvalue weighted by Gasteiger charge is -2.16. The molecule has 0 bridgehead atoms. The van der Waals surface area contributed by atoms with Gasteiger partial charge >= 0.3 is 5.69 Å². The molecule has 5 aromatic rings. The fraction of sp³-hybridized carbons (Fsp3) is 0.156. The van der Waals surface area contributed by atoms with Crippen molar-refractivity contribution in [1.29, 1.82) is 0 Å². The normalized spacial score (nSPS) is 10.8. The molecular formula is C32H27NO10. The van der Waals surface area contributed by atoms with Crippen molar-refractivity contribution in [3.8, 4) is 56.9 Å². The molecule has 1 N–H and O–H groups in total. The van der Waals surface area contributed by atoms with Crippen LogP contribution in [0.2, 0.25) is 0 Å². The maximum Gasteiger partial charge on any atom is 0.311 e. The molecule has 4 aromatic carbocycles. The van der Waals surface area contributed by atoms with E-state index in [1.165, 1.54) is 58.8 Å². The number of fused-ring (bicyclic) bond motifs is 1. The highest BCUT2D eigenvalue weighted by Gasteiger charge is 2.26. The summed E-state index contributed by atoms with van der Waals surface area (Å²) in [5, 5.41) is 22.8. The molecule has 220 valence electrons. The average Bonchev–Trinajstić information content (AvgIpc) is 3.02. The molecule has 1 aromatic heterocycles. The van der Waals surface area contributed by atoms with Crippen LogP contribution in [0, 0.1) is 10.1 Å². The summed E-state index contributed by atoms with van der Waals surface area (Å²) in [4.78, 5) is 25.5. The third kappa shape index (κ3) is 5.47. The number of benzene rings is 4. The Bertz CT molecular complexity index is 1860. The van der Waals surface area contributed by atoms with Crippen LogP contribution in [0.1, 0.15) is 5.56 Å². The number of hydrogen-bond acceptors (Lipinski definition) is 10. The van der Waals surface area contributed by atoms with Crippen molar-refractivity contribution in [3.63, 3.8) is 0 Å². The summed E-state index contributed by atoms with van der Waals surface area (Å²) in [6.07, 6.45) is 0. The quantitative estimate of drug-likeness (QED) is 0.146. The Labute approximate surface area is 245 Å². The smallest absolute Gasteiger partial charge is 0.311 e. The zero-order chi connectivity index (χ0) is 30.7. The first-order valence-corrected chi connectivity index (χ1v) is 12.9. The highest BCUT2D eigenvalue weighted by Crippen LogP contribution is 2.44. The van der Waals surface area contributed by atoms with Gasteiger partial charge in [-0.05, 0) is 35.4 Å². The average molecular weight is 586 g/mol. The molecule has 0 atom stereocenters. The van der Waals surface area contributed by atoms with E-state index in [9.17, 15) is 20.0 Å². The number of methoxy groups -OCH3 is 4. The molecule has 0 aliphatic rings. The number of phenolic OH excluding ortho intramolecular Hbond substituents is 1. The Morgan fingerprint density at radius 1 is 0.814 bits per heavy atom. The van der Waals surface area contributed by atoms with E-state index < -0.39 is 10.4 Å². The van der Waals surface area contributed by atoms with E-state index in [4.69, 9.17) is 28.1 Å². The van der Waals surface area contributed by atoms with Crippen LogP contribution in [0.15, 0.2) is 82.0 Å². The van der Waals surface area contributed by atoms with E-state index in [0.29, 0.717) is 11.3 Å². The van der Waals surface area contributed by atoms with Crippen molar-refractivity contribution in [1.82, 2.24) is 0 Å². The van der Waals surface area contributed by atoms with Gasteiger partial charge < -0.3 is 33.2 Å². The summed E-state index contributed by atoms with van der Waals surface area (Å²) < 4.78 is 33.7. The van der Waals surface area contributed by atoms with Gasteiger partial charge in [0, 0.05) is 23.8 Å². The van der Waals surface area contributed by atoms with Crippen LogP contribution >= 0.6 is 0 Å². The van der Waals surface area contributed by atoms with Crippen molar-refractivity contribution in [3.05, 3.63) is 98.7 Å². The number of nitrogens with zero attached hydrogens (tertiary/aromatic N) is 1. The van der Waals surface area contributed by atoms with E-state index in [2.05, 4.69) is 0 Å². The zero-order valence-electron chi connectivity index (χ0n) is 23.7. The SMILES string of the molecule is COc1ccc(-c2oc3cc(OCc4ccccc4)cc(O)c3c(=O)c2-c2cc(OC)c(OC)c(OC)c2)cc1[N+](=O)[O-]. The molecular weight excluding hydrogens is 558 g/mol. The van der Waals surface area contributed by atoms with E-state index in [0.717, 1.165) is 5.56 Å². The largest absolute Gasteiger partial charge is 0.507 e. The molecule has 0 unspecified atom stereocenters. The lowest BCUT2D eigenvalue weighted by molar-refractivity contribution is -0.385. The second-order valence-corrected chi connectivity index (χ2v) is 9.28. The molecule has 43 heavy (non-hydrogen) atoms. The van der Waals surface area contributed by atoms with Gasteiger partial charge in [-0.2, -0.15) is 0 Å². The van der Waals surface area contributed by atoms with Gasteiger partial charge in [-0.25, -0.2) is 0 Å².